The molecule has 2 rings (SSSR count). The maximum Gasteiger partial charge on any atom is 0.221 e. The molecule has 2 aromatic rings. The fourth-order valence-electron chi connectivity index (χ4n) is 1.13. The van der Waals surface area contributed by atoms with Gasteiger partial charge in [0, 0.05) is 12.1 Å². The lowest BCUT2D eigenvalue weighted by Crippen LogP contribution is -1.85. The maximum atomic E-state index is 5.79. The Balaban J connectivity index is 0.000000531. The van der Waals surface area contributed by atoms with Crippen molar-refractivity contribution in [2.24, 2.45) is 0 Å². The summed E-state index contributed by atoms with van der Waals surface area (Å²) >= 11 is 5.79. The second-order valence-corrected chi connectivity index (χ2v) is 3.09. The number of aromatic nitrogens is 1. The monoisotopic (exact) mass is 227 g/mol. The molecule has 0 aliphatic carbocycles. The molecule has 0 aliphatic heterocycles. The van der Waals surface area contributed by atoms with E-state index in [4.69, 9.17) is 20.8 Å². The van der Waals surface area contributed by atoms with Crippen LogP contribution >= 0.6 is 11.6 Å². The van der Waals surface area contributed by atoms with Crippen LogP contribution in [0.2, 0.25) is 5.02 Å². The van der Waals surface area contributed by atoms with Crippen molar-refractivity contribution in [1.82, 2.24) is 4.98 Å². The summed E-state index contributed by atoms with van der Waals surface area (Å²) in [5, 5.41) is 0.657. The normalized spacial score (nSPS) is 9.87. The number of nitrogens with zero attached hydrogens (tertiary/aromatic N) is 1. The number of hydrogen-bond acceptors (Lipinski definition) is 3. The summed E-state index contributed by atoms with van der Waals surface area (Å²) in [5.41, 5.74) is 1.50. The minimum atomic E-state index is 0.381. The molecular formula is C11H14ClNO2. The molecule has 0 radical (unpaired) electrons. The first kappa shape index (κ1) is 12.0. The highest BCUT2D eigenvalue weighted by Crippen LogP contribution is 2.19. The van der Waals surface area contributed by atoms with Gasteiger partial charge in [-0.15, -0.1) is 0 Å². The molecule has 0 atom stereocenters. The molecule has 1 heterocycles. The molecule has 4 heteroatoms. The lowest BCUT2D eigenvalue weighted by Gasteiger charge is -1.87. The maximum absolute atomic E-state index is 5.79. The highest BCUT2D eigenvalue weighted by molar-refractivity contribution is 6.31. The highest BCUT2D eigenvalue weighted by atomic mass is 35.5. The predicted molar refractivity (Wildman–Crippen MR) is 61.1 cm³/mol. The van der Waals surface area contributed by atoms with E-state index < -0.39 is 0 Å². The van der Waals surface area contributed by atoms with Gasteiger partial charge in [-0.1, -0.05) is 25.4 Å². The fourth-order valence-corrected chi connectivity index (χ4v) is 1.30. The molecule has 0 N–H and O–H groups in total. The Bertz CT molecular complexity index is 425. The van der Waals surface area contributed by atoms with Crippen LogP contribution in [0.3, 0.4) is 0 Å². The van der Waals surface area contributed by atoms with Crippen LogP contribution < -0.4 is 0 Å². The van der Waals surface area contributed by atoms with Gasteiger partial charge in [0.2, 0.25) is 5.89 Å². The molecule has 0 bridgehead atoms. The third kappa shape index (κ3) is 2.94. The van der Waals surface area contributed by atoms with Gasteiger partial charge >= 0.3 is 0 Å². The molecule has 0 aliphatic rings. The first-order chi connectivity index (χ1) is 7.29. The Morgan fingerprint density at radius 2 is 2.13 bits per heavy atom. The van der Waals surface area contributed by atoms with E-state index in [2.05, 4.69) is 4.98 Å². The molecule has 0 amide bonds. The van der Waals surface area contributed by atoms with Crippen LogP contribution in [0.1, 0.15) is 19.7 Å². The lowest BCUT2D eigenvalue weighted by molar-refractivity contribution is 0.161. The van der Waals surface area contributed by atoms with Crippen LogP contribution in [-0.2, 0) is 11.3 Å². The van der Waals surface area contributed by atoms with Gasteiger partial charge < -0.3 is 9.15 Å². The number of ether oxygens (including phenoxy) is 1. The van der Waals surface area contributed by atoms with Crippen molar-refractivity contribution in [3.8, 4) is 0 Å². The van der Waals surface area contributed by atoms with Crippen molar-refractivity contribution in [2.75, 3.05) is 7.11 Å². The van der Waals surface area contributed by atoms with E-state index in [1.807, 2.05) is 13.8 Å². The summed E-state index contributed by atoms with van der Waals surface area (Å²) in [6, 6.07) is 5.33. The average Bonchev–Trinajstić information content (AvgIpc) is 2.63. The summed E-state index contributed by atoms with van der Waals surface area (Å²) < 4.78 is 10.3. The largest absolute Gasteiger partial charge is 0.438 e. The van der Waals surface area contributed by atoms with Crippen LogP contribution in [0.15, 0.2) is 22.6 Å². The predicted octanol–water partition coefficient (Wildman–Crippen LogP) is 3.65. The molecule has 0 unspecified atom stereocenters. The fraction of sp³-hybridized carbons (Fsp3) is 0.364. The van der Waals surface area contributed by atoms with Gasteiger partial charge in [0.05, 0.1) is 0 Å². The number of methoxy groups -OCH3 is 1. The summed E-state index contributed by atoms with van der Waals surface area (Å²) in [6.45, 7) is 4.38. The van der Waals surface area contributed by atoms with E-state index in [1.165, 1.54) is 0 Å². The van der Waals surface area contributed by atoms with Gasteiger partial charge in [-0.3, -0.25) is 0 Å². The second kappa shape index (κ2) is 5.73. The van der Waals surface area contributed by atoms with Gasteiger partial charge in [0.1, 0.15) is 12.1 Å². The number of rotatable bonds is 2. The van der Waals surface area contributed by atoms with Gasteiger partial charge in [-0.25, -0.2) is 4.98 Å². The number of benzene rings is 1. The van der Waals surface area contributed by atoms with Crippen LogP contribution in [0, 0.1) is 0 Å². The minimum Gasteiger partial charge on any atom is -0.438 e. The van der Waals surface area contributed by atoms with Gasteiger partial charge in [-0.2, -0.15) is 0 Å². The molecule has 3 nitrogen and oxygen atoms in total. The smallest absolute Gasteiger partial charge is 0.221 e. The molecule has 82 valence electrons. The van der Waals surface area contributed by atoms with Gasteiger partial charge in [0.25, 0.3) is 0 Å². The number of fused-ring (bicyclic) bond motifs is 1. The number of oxazole rings is 1. The lowest BCUT2D eigenvalue weighted by atomic mass is 10.3. The van der Waals surface area contributed by atoms with E-state index in [1.54, 1.807) is 25.3 Å². The first-order valence-corrected chi connectivity index (χ1v) is 5.21. The standard InChI is InChI=1S/C9H8ClNO2.C2H6/c1-12-5-9-11-7-4-6(10)2-3-8(7)13-9;1-2/h2-4H,5H2,1H3;1-2H3. The zero-order valence-corrected chi connectivity index (χ0v) is 9.84. The van der Waals surface area contributed by atoms with Crippen molar-refractivity contribution in [3.05, 3.63) is 29.1 Å². The quantitative estimate of drug-likeness (QED) is 0.786. The van der Waals surface area contributed by atoms with Crippen LogP contribution in [-0.4, -0.2) is 12.1 Å². The van der Waals surface area contributed by atoms with Crippen molar-refractivity contribution in [2.45, 2.75) is 20.5 Å². The minimum absolute atomic E-state index is 0.381. The Morgan fingerprint density at radius 1 is 1.40 bits per heavy atom. The van der Waals surface area contributed by atoms with Crippen LogP contribution in [0.5, 0.6) is 0 Å². The molecule has 0 saturated carbocycles. The zero-order valence-electron chi connectivity index (χ0n) is 9.08. The van der Waals surface area contributed by atoms with Crippen LogP contribution in [0.4, 0.5) is 0 Å². The SMILES string of the molecule is CC.COCc1nc2cc(Cl)ccc2o1. The Morgan fingerprint density at radius 3 is 2.80 bits per heavy atom. The third-order valence-corrected chi connectivity index (χ3v) is 1.90. The molecular weight excluding hydrogens is 214 g/mol. The Labute approximate surface area is 94.0 Å². The molecule has 15 heavy (non-hydrogen) atoms. The number of halogens is 1. The number of hydrogen-bond donors (Lipinski definition) is 0. The van der Waals surface area contributed by atoms with Crippen LogP contribution in [0.25, 0.3) is 11.1 Å². The van der Waals surface area contributed by atoms with E-state index in [0.717, 1.165) is 11.1 Å². The third-order valence-electron chi connectivity index (χ3n) is 1.66. The Hall–Kier alpha value is -1.06. The van der Waals surface area contributed by atoms with Gasteiger partial charge in [0.15, 0.2) is 5.58 Å². The molecule has 1 aromatic carbocycles. The topological polar surface area (TPSA) is 35.3 Å². The molecule has 1 aromatic heterocycles. The first-order valence-electron chi connectivity index (χ1n) is 4.83. The van der Waals surface area contributed by atoms with Crippen molar-refractivity contribution < 1.29 is 9.15 Å². The van der Waals surface area contributed by atoms with Crippen molar-refractivity contribution in [1.29, 1.82) is 0 Å². The summed E-state index contributed by atoms with van der Waals surface area (Å²) in [4.78, 5) is 4.19. The van der Waals surface area contributed by atoms with Crippen molar-refractivity contribution >= 4 is 22.7 Å². The summed E-state index contributed by atoms with van der Waals surface area (Å²) in [5.74, 6) is 0.569. The summed E-state index contributed by atoms with van der Waals surface area (Å²) in [6.07, 6.45) is 0. The summed E-state index contributed by atoms with van der Waals surface area (Å²) in [7, 11) is 1.60. The van der Waals surface area contributed by atoms with E-state index in [0.29, 0.717) is 17.5 Å². The van der Waals surface area contributed by atoms with E-state index >= 15 is 0 Å². The second-order valence-electron chi connectivity index (χ2n) is 2.65. The molecule has 0 saturated heterocycles. The average molecular weight is 228 g/mol. The Kier molecular flexibility index (Phi) is 4.59. The molecule has 0 fully saturated rings. The zero-order chi connectivity index (χ0) is 11.3. The van der Waals surface area contributed by atoms with Crippen molar-refractivity contribution in [3.63, 3.8) is 0 Å². The van der Waals surface area contributed by atoms with Gasteiger partial charge in [-0.05, 0) is 18.2 Å². The highest BCUT2D eigenvalue weighted by Gasteiger charge is 2.04. The van der Waals surface area contributed by atoms with E-state index in [-0.39, 0.29) is 0 Å². The van der Waals surface area contributed by atoms with E-state index in [9.17, 15) is 0 Å². The molecule has 0 spiro atoms.